The number of nitroso groups, excluding NO2 is 3. The lowest BCUT2D eigenvalue weighted by Gasteiger charge is -2.32. The van der Waals surface area contributed by atoms with Crippen LogP contribution in [0.5, 0.6) is 0 Å². The van der Waals surface area contributed by atoms with Crippen molar-refractivity contribution in [3.63, 3.8) is 0 Å². The van der Waals surface area contributed by atoms with Gasteiger partial charge in [-0.25, -0.2) is 0 Å². The van der Waals surface area contributed by atoms with E-state index in [-0.39, 0.29) is 18.1 Å². The molecule has 0 N–H and O–H groups in total. The molecular formula is C14H27N3O3Si. The third-order valence-corrected chi connectivity index (χ3v) is 8.94. The highest BCUT2D eigenvalue weighted by Gasteiger charge is 2.37. The molecule has 0 bridgehead atoms. The summed E-state index contributed by atoms with van der Waals surface area (Å²) in [4.78, 5) is 32.8. The fourth-order valence-electron chi connectivity index (χ4n) is 2.68. The Labute approximate surface area is 127 Å². The smallest absolute Gasteiger partial charge is 0.0897 e. The lowest BCUT2D eigenvalue weighted by atomic mass is 10.3. The van der Waals surface area contributed by atoms with E-state index in [0.29, 0.717) is 37.4 Å². The molecule has 0 amide bonds. The summed E-state index contributed by atoms with van der Waals surface area (Å²) in [6.45, 7) is 9.68. The van der Waals surface area contributed by atoms with Crippen molar-refractivity contribution < 1.29 is 0 Å². The van der Waals surface area contributed by atoms with E-state index in [1.54, 1.807) is 0 Å². The Balaban J connectivity index is 5.33. The number of rotatable bonds is 13. The minimum atomic E-state index is -2.20. The Kier molecular flexibility index (Phi) is 9.86. The van der Waals surface area contributed by atoms with Crippen LogP contribution in [0.15, 0.2) is 27.8 Å². The molecule has 21 heavy (non-hydrogen) atoms. The van der Waals surface area contributed by atoms with Crippen LogP contribution in [0.1, 0.15) is 40.0 Å². The summed E-state index contributed by atoms with van der Waals surface area (Å²) in [5, 5.41) is 9.53. The normalized spacial score (nSPS) is 18.0. The van der Waals surface area contributed by atoms with Gasteiger partial charge in [-0.2, -0.15) is 14.7 Å². The quantitative estimate of drug-likeness (QED) is 0.361. The summed E-state index contributed by atoms with van der Waals surface area (Å²) in [5.74, 6) is 0. The van der Waals surface area contributed by atoms with E-state index in [0.717, 1.165) is 0 Å². The van der Waals surface area contributed by atoms with E-state index < -0.39 is 8.07 Å². The van der Waals surface area contributed by atoms with Crippen LogP contribution in [0, 0.1) is 14.7 Å². The highest BCUT2D eigenvalue weighted by Crippen LogP contribution is 2.32. The number of nitrogens with zero attached hydrogens (tertiary/aromatic N) is 3. The van der Waals surface area contributed by atoms with Crippen LogP contribution >= 0.6 is 0 Å². The predicted octanol–water partition coefficient (Wildman–Crippen LogP) is 4.80. The van der Waals surface area contributed by atoms with Crippen LogP contribution in [-0.2, 0) is 0 Å². The van der Waals surface area contributed by atoms with Gasteiger partial charge in [-0.1, -0.05) is 36.3 Å². The third-order valence-electron chi connectivity index (χ3n) is 4.22. The molecule has 0 saturated heterocycles. The second-order valence-corrected chi connectivity index (χ2v) is 10.0. The summed E-state index contributed by atoms with van der Waals surface area (Å²) < 4.78 is 0. The molecule has 3 unspecified atom stereocenters. The third kappa shape index (κ3) is 6.37. The van der Waals surface area contributed by atoms with E-state index in [9.17, 15) is 14.7 Å². The second kappa shape index (κ2) is 10.5. The average molecular weight is 313 g/mol. The number of hydrogen-bond donors (Lipinski definition) is 0. The van der Waals surface area contributed by atoms with Gasteiger partial charge in [0.1, 0.15) is 0 Å². The Morgan fingerprint density at radius 1 is 0.810 bits per heavy atom. The zero-order chi connectivity index (χ0) is 16.3. The monoisotopic (exact) mass is 313 g/mol. The molecule has 0 radical (unpaired) electrons. The van der Waals surface area contributed by atoms with Gasteiger partial charge in [-0.15, -0.1) is 12.3 Å². The first-order valence-corrected chi connectivity index (χ1v) is 10.3. The van der Waals surface area contributed by atoms with Gasteiger partial charge in [0.15, 0.2) is 0 Å². The van der Waals surface area contributed by atoms with Crippen molar-refractivity contribution in [3.05, 3.63) is 27.0 Å². The molecule has 0 aliphatic heterocycles. The lowest BCUT2D eigenvalue weighted by Crippen LogP contribution is -2.41. The van der Waals surface area contributed by atoms with E-state index in [4.69, 9.17) is 0 Å². The van der Waals surface area contributed by atoms with Crippen LogP contribution in [0.3, 0.4) is 0 Å². The minimum Gasteiger partial charge on any atom is -0.151 e. The molecule has 0 saturated carbocycles. The number of hydrogen-bond acceptors (Lipinski definition) is 6. The summed E-state index contributed by atoms with van der Waals surface area (Å²) in [6, 6.07) is 0.992. The minimum absolute atomic E-state index is 0.289. The van der Waals surface area contributed by atoms with Crippen molar-refractivity contribution in [2.24, 2.45) is 15.5 Å². The molecule has 0 heterocycles. The largest absolute Gasteiger partial charge is 0.151 e. The van der Waals surface area contributed by atoms with Crippen LogP contribution in [0.25, 0.3) is 0 Å². The first kappa shape index (κ1) is 19.8. The first-order chi connectivity index (χ1) is 10.0. The van der Waals surface area contributed by atoms with Gasteiger partial charge >= 0.3 is 0 Å². The summed E-state index contributed by atoms with van der Waals surface area (Å²) in [5.41, 5.74) is 1.89. The topological polar surface area (TPSA) is 88.3 Å². The maximum absolute atomic E-state index is 10.9. The van der Waals surface area contributed by atoms with E-state index >= 15 is 0 Å². The summed E-state index contributed by atoms with van der Waals surface area (Å²) in [6.07, 6.45) is 1.97. The summed E-state index contributed by atoms with van der Waals surface area (Å²) in [7, 11) is -2.20. The molecule has 120 valence electrons. The second-order valence-electron chi connectivity index (χ2n) is 5.68. The average Bonchev–Trinajstić information content (AvgIpc) is 2.54. The zero-order valence-corrected chi connectivity index (χ0v) is 14.3. The fourth-order valence-corrected chi connectivity index (χ4v) is 7.58. The van der Waals surface area contributed by atoms with Crippen LogP contribution < -0.4 is 0 Å². The van der Waals surface area contributed by atoms with Gasteiger partial charge in [0.05, 0.1) is 26.2 Å². The van der Waals surface area contributed by atoms with Crippen LogP contribution in [0.4, 0.5) is 0 Å². The molecule has 0 aromatic heterocycles. The van der Waals surface area contributed by atoms with E-state index in [1.807, 2.05) is 26.5 Å². The van der Waals surface area contributed by atoms with Crippen molar-refractivity contribution in [2.45, 2.75) is 76.3 Å². The van der Waals surface area contributed by atoms with Crippen molar-refractivity contribution >= 4 is 8.07 Å². The van der Waals surface area contributed by atoms with Crippen LogP contribution in [-0.4, -0.2) is 26.2 Å². The van der Waals surface area contributed by atoms with Crippen molar-refractivity contribution in [1.82, 2.24) is 0 Å². The van der Waals surface area contributed by atoms with Gasteiger partial charge in [-0.05, 0) is 37.4 Å². The molecular weight excluding hydrogens is 286 g/mol. The Bertz CT molecular complexity index is 307. The lowest BCUT2D eigenvalue weighted by molar-refractivity contribution is 0.645. The molecule has 6 nitrogen and oxygen atoms in total. The molecule has 0 fully saturated rings. The fraction of sp³-hybridized carbons (Fsp3) is 0.857. The molecule has 7 heteroatoms. The van der Waals surface area contributed by atoms with Crippen molar-refractivity contribution in [3.8, 4) is 0 Å². The van der Waals surface area contributed by atoms with E-state index in [1.165, 1.54) is 0 Å². The Morgan fingerprint density at radius 2 is 1.10 bits per heavy atom. The SMILES string of the molecule is C=C[Si](CC(CC)N=O)(CC(CC)N=O)CC(CC)N=O. The van der Waals surface area contributed by atoms with Crippen molar-refractivity contribution in [1.29, 1.82) is 0 Å². The zero-order valence-electron chi connectivity index (χ0n) is 13.3. The van der Waals surface area contributed by atoms with Gasteiger partial charge in [0.25, 0.3) is 0 Å². The maximum Gasteiger partial charge on any atom is 0.0897 e. The molecule has 0 aliphatic carbocycles. The molecule has 0 aromatic carbocycles. The van der Waals surface area contributed by atoms with Gasteiger partial charge in [-0.3, -0.25) is 0 Å². The highest BCUT2D eigenvalue weighted by atomic mass is 28.3. The standard InChI is InChI=1S/C14H27N3O3Si/c1-5-12(15-18)9-21(8-4,10-13(6-2)16-19)11-14(7-3)17-20/h8,12-14H,4-7,9-11H2,1-3H3. The molecule has 0 spiro atoms. The predicted molar refractivity (Wildman–Crippen MR) is 90.0 cm³/mol. The Hall–Kier alpha value is -1.24. The molecule has 3 atom stereocenters. The van der Waals surface area contributed by atoms with Gasteiger partial charge in [0, 0.05) is 0 Å². The van der Waals surface area contributed by atoms with Gasteiger partial charge < -0.3 is 0 Å². The Morgan fingerprint density at radius 3 is 1.24 bits per heavy atom. The van der Waals surface area contributed by atoms with Crippen LogP contribution in [0.2, 0.25) is 18.1 Å². The van der Waals surface area contributed by atoms with E-state index in [2.05, 4.69) is 22.1 Å². The van der Waals surface area contributed by atoms with Gasteiger partial charge in [0.2, 0.25) is 0 Å². The maximum atomic E-state index is 10.9. The molecule has 0 rings (SSSR count). The molecule has 0 aliphatic rings. The van der Waals surface area contributed by atoms with Crippen molar-refractivity contribution in [2.75, 3.05) is 0 Å². The highest BCUT2D eigenvalue weighted by molar-refractivity contribution is 6.84. The first-order valence-electron chi connectivity index (χ1n) is 7.65. The summed E-state index contributed by atoms with van der Waals surface area (Å²) >= 11 is 0. The molecule has 0 aromatic rings.